The first-order valence-electron chi connectivity index (χ1n) is 12.6. The van der Waals surface area contributed by atoms with Crippen molar-refractivity contribution in [3.05, 3.63) is 108 Å². The van der Waals surface area contributed by atoms with E-state index in [9.17, 15) is 48.0 Å². The Balaban J connectivity index is 1.64. The summed E-state index contributed by atoms with van der Waals surface area (Å²) in [6.07, 6.45) is -7.63. The number of hydrogen-bond acceptors (Lipinski definition) is 6. The molecule has 0 saturated carbocycles. The van der Waals surface area contributed by atoms with Crippen molar-refractivity contribution in [2.75, 3.05) is 15.2 Å². The number of carbonyl (C=O) groups excluding carboxylic acids is 1. The molecule has 0 spiro atoms. The van der Waals surface area contributed by atoms with Gasteiger partial charge in [-0.15, -0.1) is 0 Å². The second-order valence-electron chi connectivity index (χ2n) is 9.60. The topological polar surface area (TPSA) is 105 Å². The van der Waals surface area contributed by atoms with Crippen molar-refractivity contribution in [2.45, 2.75) is 35.0 Å². The minimum absolute atomic E-state index is 0.0262. The molecule has 0 saturated heterocycles. The summed E-state index contributed by atoms with van der Waals surface area (Å²) in [5.74, 6) is -0.478. The third kappa shape index (κ3) is 5.78. The summed E-state index contributed by atoms with van der Waals surface area (Å²) in [5.41, 5.74) is -2.16. The molecule has 8 nitrogen and oxygen atoms in total. The Bertz CT molecular complexity index is 1820. The van der Waals surface area contributed by atoms with Crippen LogP contribution in [0.1, 0.15) is 33.7 Å². The lowest BCUT2D eigenvalue weighted by Crippen LogP contribution is -2.38. The number of halogens is 6. The number of amides is 1. The average Bonchev–Trinajstić information content (AvgIpc) is 3.51. The van der Waals surface area contributed by atoms with Crippen LogP contribution in [0, 0.1) is 0 Å². The number of aryl methyl sites for hydroxylation is 1. The third-order valence-corrected chi connectivity index (χ3v) is 11.0. The highest BCUT2D eigenvalue weighted by Gasteiger charge is 2.40. The molecule has 0 aliphatic carbocycles. The van der Waals surface area contributed by atoms with Gasteiger partial charge in [-0.3, -0.25) is 4.79 Å². The van der Waals surface area contributed by atoms with Gasteiger partial charge in [0.15, 0.2) is 5.76 Å². The predicted octanol–water partition coefficient (Wildman–Crippen LogP) is 6.49. The van der Waals surface area contributed by atoms with Crippen LogP contribution in [0.5, 0.6) is 0 Å². The van der Waals surface area contributed by atoms with Gasteiger partial charge in [0.1, 0.15) is 0 Å². The van der Waals surface area contributed by atoms with Crippen LogP contribution in [0.2, 0.25) is 0 Å². The standard InChI is InChI=1S/C28H20F6N2O6S2/c29-27(30,31)19-5-10-22(11-6-19)43(38,39)36(44(40,41)23-12-7-20(8-13-23)28(32,33)34)21-9-14-24-18(17-21)3-1-15-35(24)26(37)25-4-2-16-42-25/h2,4-14,16-17H,1,3,15H2. The second-order valence-corrected chi connectivity index (χ2v) is 13.4. The molecule has 0 bridgehead atoms. The zero-order chi connectivity index (χ0) is 32.1. The zero-order valence-electron chi connectivity index (χ0n) is 22.1. The van der Waals surface area contributed by atoms with E-state index in [2.05, 4.69) is 0 Å². The number of nitrogens with zero attached hydrogens (tertiary/aromatic N) is 2. The number of sulfonamides is 2. The van der Waals surface area contributed by atoms with Crippen LogP contribution in [0.3, 0.4) is 0 Å². The van der Waals surface area contributed by atoms with Gasteiger partial charge < -0.3 is 9.32 Å². The number of anilines is 2. The van der Waals surface area contributed by atoms with Gasteiger partial charge in [-0.2, -0.15) is 30.1 Å². The lowest BCUT2D eigenvalue weighted by atomic mass is 10.0. The number of rotatable bonds is 6. The van der Waals surface area contributed by atoms with E-state index in [1.165, 1.54) is 35.4 Å². The van der Waals surface area contributed by atoms with Gasteiger partial charge in [0.05, 0.1) is 32.9 Å². The first kappa shape index (κ1) is 31.1. The van der Waals surface area contributed by atoms with Gasteiger partial charge in [0.25, 0.3) is 26.0 Å². The minimum atomic E-state index is -5.19. The quantitative estimate of drug-likeness (QED) is 0.219. The van der Waals surface area contributed by atoms with Crippen LogP contribution in [-0.4, -0.2) is 29.3 Å². The molecule has 2 heterocycles. The van der Waals surface area contributed by atoms with Gasteiger partial charge in [-0.25, -0.2) is 16.8 Å². The summed E-state index contributed by atoms with van der Waals surface area (Å²) < 4.78 is 139. The van der Waals surface area contributed by atoms with Crippen LogP contribution in [0.15, 0.2) is 99.3 Å². The molecule has 232 valence electrons. The van der Waals surface area contributed by atoms with Gasteiger partial charge in [0, 0.05) is 12.2 Å². The van der Waals surface area contributed by atoms with Gasteiger partial charge in [0.2, 0.25) is 0 Å². The minimum Gasteiger partial charge on any atom is -0.459 e. The third-order valence-electron chi connectivity index (χ3n) is 6.77. The molecule has 1 aliphatic heterocycles. The van der Waals surface area contributed by atoms with E-state index in [4.69, 9.17) is 4.42 Å². The van der Waals surface area contributed by atoms with Crippen LogP contribution in [0.25, 0.3) is 0 Å². The van der Waals surface area contributed by atoms with Crippen LogP contribution >= 0.6 is 0 Å². The first-order valence-corrected chi connectivity index (χ1v) is 15.5. The lowest BCUT2D eigenvalue weighted by Gasteiger charge is -2.31. The van der Waals surface area contributed by atoms with Crippen molar-refractivity contribution in [3.63, 3.8) is 0 Å². The number of hydrogen-bond donors (Lipinski definition) is 0. The fraction of sp³-hybridized carbons (Fsp3) is 0.179. The lowest BCUT2D eigenvalue weighted by molar-refractivity contribution is -0.138. The highest BCUT2D eigenvalue weighted by Crippen LogP contribution is 2.38. The SMILES string of the molecule is O=C(c1ccco1)N1CCCc2cc(N(S(=O)(=O)c3ccc(C(F)(F)F)cc3)S(=O)(=O)c3ccc(C(F)(F)F)cc3)ccc21. The summed E-state index contributed by atoms with van der Waals surface area (Å²) in [4.78, 5) is 12.7. The maximum Gasteiger partial charge on any atom is 0.416 e. The van der Waals surface area contributed by atoms with E-state index in [-0.39, 0.29) is 16.0 Å². The number of alkyl halides is 6. The number of furan rings is 1. The van der Waals surface area contributed by atoms with Crippen molar-refractivity contribution >= 4 is 37.3 Å². The van der Waals surface area contributed by atoms with Crippen molar-refractivity contribution in [3.8, 4) is 0 Å². The Morgan fingerprint density at radius 3 is 1.73 bits per heavy atom. The highest BCUT2D eigenvalue weighted by atomic mass is 32.3. The fourth-order valence-electron chi connectivity index (χ4n) is 4.67. The summed E-state index contributed by atoms with van der Waals surface area (Å²) in [5, 5.41) is 0. The maximum atomic E-state index is 13.8. The molecule has 0 atom stereocenters. The molecular formula is C28H20F6N2O6S2. The summed E-state index contributed by atoms with van der Waals surface area (Å²) in [6.45, 7) is 0.267. The molecule has 0 fully saturated rings. The van der Waals surface area contributed by atoms with Gasteiger partial charge >= 0.3 is 12.4 Å². The predicted molar refractivity (Wildman–Crippen MR) is 145 cm³/mol. The molecule has 3 aromatic carbocycles. The molecule has 1 aliphatic rings. The fourth-order valence-corrected chi connectivity index (χ4v) is 8.35. The number of carbonyl (C=O) groups is 1. The smallest absolute Gasteiger partial charge is 0.416 e. The molecule has 44 heavy (non-hydrogen) atoms. The summed E-state index contributed by atoms with van der Waals surface area (Å²) >= 11 is 0. The Morgan fingerprint density at radius 1 is 0.750 bits per heavy atom. The van der Waals surface area contributed by atoms with Crippen molar-refractivity contribution < 1.29 is 52.4 Å². The zero-order valence-corrected chi connectivity index (χ0v) is 23.8. The maximum absolute atomic E-state index is 13.8. The van der Waals surface area contributed by atoms with E-state index < -0.39 is 64.9 Å². The number of fused-ring (bicyclic) bond motifs is 1. The Kier molecular flexibility index (Phi) is 7.78. The van der Waals surface area contributed by atoms with E-state index in [0.29, 0.717) is 72.6 Å². The first-order chi connectivity index (χ1) is 20.5. The number of benzene rings is 3. The van der Waals surface area contributed by atoms with Gasteiger partial charge in [-0.05, 0) is 97.3 Å². The Morgan fingerprint density at radius 2 is 1.27 bits per heavy atom. The van der Waals surface area contributed by atoms with Gasteiger partial charge in [-0.1, -0.05) is 0 Å². The second kappa shape index (κ2) is 11.0. The average molecular weight is 659 g/mol. The molecule has 0 unspecified atom stereocenters. The van der Waals surface area contributed by atoms with Crippen molar-refractivity contribution in [1.29, 1.82) is 0 Å². The largest absolute Gasteiger partial charge is 0.459 e. The molecule has 1 amide bonds. The Hall–Kier alpha value is -4.31. The Labute approximate surface area is 247 Å². The normalized spacial score (nSPS) is 14.3. The molecule has 16 heteroatoms. The monoisotopic (exact) mass is 658 g/mol. The molecule has 4 aromatic rings. The molecule has 5 rings (SSSR count). The van der Waals surface area contributed by atoms with Crippen molar-refractivity contribution in [1.82, 2.24) is 0 Å². The van der Waals surface area contributed by atoms with Crippen molar-refractivity contribution in [2.24, 2.45) is 0 Å². The van der Waals surface area contributed by atoms with Crippen LogP contribution in [-0.2, 0) is 38.8 Å². The highest BCUT2D eigenvalue weighted by molar-refractivity contribution is 8.10. The molecule has 0 N–H and O–H groups in total. The van der Waals surface area contributed by atoms with E-state index in [1.54, 1.807) is 0 Å². The molecule has 0 radical (unpaired) electrons. The van der Waals surface area contributed by atoms with E-state index >= 15 is 0 Å². The summed E-state index contributed by atoms with van der Waals surface area (Å²) in [6, 6.07) is 10.7. The van der Waals surface area contributed by atoms with Crippen LogP contribution < -0.4 is 8.61 Å². The van der Waals surface area contributed by atoms with E-state index in [0.717, 1.165) is 6.07 Å². The van der Waals surface area contributed by atoms with Crippen LogP contribution in [0.4, 0.5) is 37.7 Å². The van der Waals surface area contributed by atoms with E-state index in [1.807, 2.05) is 0 Å². The summed E-state index contributed by atoms with van der Waals surface area (Å²) in [7, 11) is -10.4. The molecular weight excluding hydrogens is 638 g/mol. The molecule has 1 aromatic heterocycles.